The molecule has 0 aliphatic carbocycles. The highest BCUT2D eigenvalue weighted by Crippen LogP contribution is 2.30. The number of hydrogen-bond donors (Lipinski definition) is 0. The minimum absolute atomic E-state index is 0.160. The summed E-state index contributed by atoms with van der Waals surface area (Å²) >= 11 is 0. The van der Waals surface area contributed by atoms with Crippen molar-refractivity contribution in [1.29, 1.82) is 0 Å². The zero-order chi connectivity index (χ0) is 21.5. The van der Waals surface area contributed by atoms with E-state index in [0.29, 0.717) is 18.3 Å². The second kappa shape index (κ2) is 7.77. The number of fused-ring (bicyclic) bond motifs is 3. The molecular weight excluding hydrogens is 394 g/mol. The minimum Gasteiger partial charge on any atom is -0.375 e. The molecule has 1 aromatic carbocycles. The van der Waals surface area contributed by atoms with Crippen LogP contribution in [0.5, 0.6) is 0 Å². The molecule has 3 aliphatic rings. The van der Waals surface area contributed by atoms with Crippen LogP contribution in [0, 0.1) is 6.92 Å². The normalized spacial score (nSPS) is 23.0. The highest BCUT2D eigenvalue weighted by atomic mass is 16.5. The van der Waals surface area contributed by atoms with Gasteiger partial charge in [-0.1, -0.05) is 47.5 Å². The van der Waals surface area contributed by atoms with Crippen molar-refractivity contribution in [3.05, 3.63) is 53.9 Å². The van der Waals surface area contributed by atoms with Gasteiger partial charge in [-0.15, -0.1) is 0 Å². The Kier molecular flexibility index (Phi) is 4.94. The van der Waals surface area contributed by atoms with E-state index in [1.54, 1.807) is 7.05 Å². The molecular formula is C23H26N5O3+. The van der Waals surface area contributed by atoms with Crippen molar-refractivity contribution < 1.29 is 18.9 Å². The molecule has 4 heterocycles. The zero-order valence-corrected chi connectivity index (χ0v) is 17.8. The van der Waals surface area contributed by atoms with Gasteiger partial charge >= 0.3 is 12.0 Å². The summed E-state index contributed by atoms with van der Waals surface area (Å²) in [5, 5.41) is 0. The molecule has 0 bridgehead atoms. The number of aromatic nitrogens is 2. The summed E-state index contributed by atoms with van der Waals surface area (Å²) in [7, 11) is 1.68. The number of imide groups is 1. The number of likely N-dealkylation sites (N-methyl/N-ethyl adjacent to an activating group) is 1. The number of imidazole rings is 1. The monoisotopic (exact) mass is 420 g/mol. The Bertz CT molecular complexity index is 1080. The van der Waals surface area contributed by atoms with E-state index in [9.17, 15) is 9.59 Å². The zero-order valence-electron chi connectivity index (χ0n) is 17.8. The Balaban J connectivity index is 1.41. The SMILES string of the molecule is Cc1c[n+]2c(n1CC1CCCO1)N=C1C2C(=O)N(C/C=C/c2ccccc2)C(=O)N1C. The number of ether oxygens (including phenoxy) is 1. The molecule has 3 aliphatic heterocycles. The first-order valence-electron chi connectivity index (χ1n) is 10.7. The number of hydrogen-bond acceptors (Lipinski definition) is 4. The van der Waals surface area contributed by atoms with Crippen LogP contribution >= 0.6 is 0 Å². The number of benzene rings is 1. The van der Waals surface area contributed by atoms with Crippen molar-refractivity contribution >= 4 is 29.8 Å². The first-order valence-corrected chi connectivity index (χ1v) is 10.7. The van der Waals surface area contributed by atoms with E-state index in [2.05, 4.69) is 4.57 Å². The lowest BCUT2D eigenvalue weighted by Gasteiger charge is -2.32. The number of carbonyl (C=O) groups excluding carboxylic acids is 2. The third kappa shape index (κ3) is 3.37. The van der Waals surface area contributed by atoms with Gasteiger partial charge in [0.25, 0.3) is 5.91 Å². The fourth-order valence-corrected chi connectivity index (χ4v) is 4.47. The summed E-state index contributed by atoms with van der Waals surface area (Å²) in [6.45, 7) is 3.72. The van der Waals surface area contributed by atoms with E-state index >= 15 is 0 Å². The predicted octanol–water partition coefficient (Wildman–Crippen LogP) is 2.46. The van der Waals surface area contributed by atoms with Crippen LogP contribution in [-0.4, -0.2) is 58.4 Å². The van der Waals surface area contributed by atoms with E-state index in [-0.39, 0.29) is 24.6 Å². The van der Waals surface area contributed by atoms with Gasteiger partial charge in [0.2, 0.25) is 11.9 Å². The number of nitrogens with zero attached hydrogens (tertiary/aromatic N) is 5. The summed E-state index contributed by atoms with van der Waals surface area (Å²) in [5.74, 6) is 0.926. The maximum Gasteiger partial charge on any atom is 0.402 e. The van der Waals surface area contributed by atoms with Gasteiger partial charge in [0, 0.05) is 20.2 Å². The summed E-state index contributed by atoms with van der Waals surface area (Å²) < 4.78 is 9.77. The average Bonchev–Trinajstić information content (AvgIpc) is 3.48. The third-order valence-electron chi connectivity index (χ3n) is 6.13. The summed E-state index contributed by atoms with van der Waals surface area (Å²) in [4.78, 5) is 33.7. The van der Waals surface area contributed by atoms with Gasteiger partial charge in [-0.3, -0.25) is 14.6 Å². The first kappa shape index (κ1) is 19.7. The standard InChI is InChI=1S/C23H26N5O3/c1-16-14-28-19-20(24-22(28)27(16)15-18-11-7-13-31-18)25(2)23(30)26(21(19)29)12-6-10-17-8-4-3-5-9-17/h3-6,8-10,14,18-19H,7,11-13,15H2,1-2H3/q+1/b10-6+. The molecule has 1 aromatic heterocycles. The molecule has 8 heteroatoms. The molecule has 0 saturated carbocycles. The Hall–Kier alpha value is -3.26. The smallest absolute Gasteiger partial charge is 0.375 e. The molecule has 5 rings (SSSR count). The van der Waals surface area contributed by atoms with Gasteiger partial charge in [-0.05, 0) is 25.3 Å². The number of aliphatic imine (C=N–C) groups is 1. The van der Waals surface area contributed by atoms with E-state index in [0.717, 1.165) is 30.7 Å². The van der Waals surface area contributed by atoms with Crippen molar-refractivity contribution in [1.82, 2.24) is 14.4 Å². The van der Waals surface area contributed by atoms with Gasteiger partial charge in [0.1, 0.15) is 11.9 Å². The van der Waals surface area contributed by atoms with Gasteiger partial charge in [0.05, 0.1) is 12.6 Å². The lowest BCUT2D eigenvalue weighted by molar-refractivity contribution is -0.677. The lowest BCUT2D eigenvalue weighted by Crippen LogP contribution is -2.62. The molecule has 2 saturated heterocycles. The Labute approximate surface area is 181 Å². The van der Waals surface area contributed by atoms with E-state index in [1.165, 1.54) is 9.80 Å². The molecule has 3 amide bonds. The molecule has 0 N–H and O–H groups in total. The van der Waals surface area contributed by atoms with Crippen molar-refractivity contribution in [2.24, 2.45) is 4.99 Å². The van der Waals surface area contributed by atoms with E-state index in [1.807, 2.05) is 60.2 Å². The van der Waals surface area contributed by atoms with Gasteiger partial charge < -0.3 is 4.74 Å². The van der Waals surface area contributed by atoms with Crippen LogP contribution < -0.4 is 4.57 Å². The topological polar surface area (TPSA) is 71.0 Å². The molecule has 8 nitrogen and oxygen atoms in total. The maximum absolute atomic E-state index is 13.3. The van der Waals surface area contributed by atoms with Crippen LogP contribution in [0.1, 0.15) is 30.1 Å². The number of urea groups is 1. The molecule has 31 heavy (non-hydrogen) atoms. The van der Waals surface area contributed by atoms with Crippen LogP contribution in [0.25, 0.3) is 6.08 Å². The summed E-state index contributed by atoms with van der Waals surface area (Å²) in [6, 6.07) is 8.84. The molecule has 2 atom stereocenters. The van der Waals surface area contributed by atoms with Crippen molar-refractivity contribution in [3.63, 3.8) is 0 Å². The van der Waals surface area contributed by atoms with Crippen LogP contribution in [0.4, 0.5) is 10.7 Å². The maximum atomic E-state index is 13.3. The summed E-state index contributed by atoms with van der Waals surface area (Å²) in [6.07, 6.45) is 7.96. The molecule has 2 aromatic rings. The molecule has 0 radical (unpaired) electrons. The van der Waals surface area contributed by atoms with Crippen LogP contribution in [0.15, 0.2) is 47.6 Å². The minimum atomic E-state index is -0.618. The van der Waals surface area contributed by atoms with E-state index in [4.69, 9.17) is 9.73 Å². The number of carbonyl (C=O) groups is 2. The van der Waals surface area contributed by atoms with Crippen LogP contribution in [-0.2, 0) is 16.1 Å². The summed E-state index contributed by atoms with van der Waals surface area (Å²) in [5.41, 5.74) is 2.05. The molecule has 2 unspecified atom stereocenters. The van der Waals surface area contributed by atoms with Gasteiger partial charge in [-0.25, -0.2) is 13.9 Å². The quantitative estimate of drug-likeness (QED) is 0.698. The number of amidine groups is 1. The Morgan fingerprint density at radius 3 is 2.81 bits per heavy atom. The number of rotatable bonds is 5. The fourth-order valence-electron chi connectivity index (χ4n) is 4.47. The second-order valence-electron chi connectivity index (χ2n) is 8.20. The van der Waals surface area contributed by atoms with Crippen molar-refractivity contribution in [2.75, 3.05) is 20.2 Å². The van der Waals surface area contributed by atoms with Crippen molar-refractivity contribution in [2.45, 2.75) is 38.5 Å². The van der Waals surface area contributed by atoms with E-state index < -0.39 is 6.04 Å². The third-order valence-corrected chi connectivity index (χ3v) is 6.13. The number of aryl methyl sites for hydroxylation is 1. The second-order valence-corrected chi connectivity index (χ2v) is 8.20. The van der Waals surface area contributed by atoms with Crippen LogP contribution in [0.3, 0.4) is 0 Å². The molecule has 160 valence electrons. The largest absolute Gasteiger partial charge is 0.402 e. The fraction of sp³-hybridized carbons (Fsp3) is 0.391. The predicted molar refractivity (Wildman–Crippen MR) is 115 cm³/mol. The molecule has 0 spiro atoms. The number of amides is 3. The van der Waals surface area contributed by atoms with Gasteiger partial charge in [-0.2, -0.15) is 0 Å². The lowest BCUT2D eigenvalue weighted by atomic mass is 10.1. The molecule has 2 fully saturated rings. The van der Waals surface area contributed by atoms with Gasteiger partial charge in [0.15, 0.2) is 0 Å². The Morgan fingerprint density at radius 1 is 1.26 bits per heavy atom. The first-order chi connectivity index (χ1) is 15.0. The van der Waals surface area contributed by atoms with Crippen LogP contribution in [0.2, 0.25) is 0 Å². The highest BCUT2D eigenvalue weighted by Gasteiger charge is 2.53. The highest BCUT2D eigenvalue weighted by molar-refractivity contribution is 6.19. The van der Waals surface area contributed by atoms with Crippen molar-refractivity contribution in [3.8, 4) is 0 Å². The average molecular weight is 420 g/mol. The Morgan fingerprint density at radius 2 is 2.06 bits per heavy atom.